The lowest BCUT2D eigenvalue weighted by molar-refractivity contribution is -0.120. The van der Waals surface area contributed by atoms with Crippen LogP contribution in [0.4, 0.5) is 0 Å². The minimum atomic E-state index is -0.206. The molecule has 0 saturated carbocycles. The zero-order chi connectivity index (χ0) is 11.3. The van der Waals surface area contributed by atoms with Crippen LogP contribution >= 0.6 is 11.8 Å². The van der Waals surface area contributed by atoms with E-state index in [2.05, 4.69) is 15.6 Å². The van der Waals surface area contributed by atoms with Gasteiger partial charge in [-0.2, -0.15) is 0 Å². The number of carbonyl (C=O) groups is 1. The smallest absolute Gasteiger partial charge is 0.247 e. The number of nitrogens with two attached hydrogens (primary N) is 1. The highest BCUT2D eigenvalue weighted by Crippen LogP contribution is 2.23. The second-order valence-corrected chi connectivity index (χ2v) is 4.30. The molecule has 0 aliphatic heterocycles. The van der Waals surface area contributed by atoms with E-state index in [1.165, 1.54) is 11.8 Å². The van der Waals surface area contributed by atoms with Crippen LogP contribution in [0.3, 0.4) is 0 Å². The van der Waals surface area contributed by atoms with Crippen LogP contribution in [0.25, 0.3) is 0 Å². The van der Waals surface area contributed by atoms with Crippen molar-refractivity contribution in [3.05, 3.63) is 6.33 Å². The molecule has 7 heteroatoms. The van der Waals surface area contributed by atoms with Gasteiger partial charge in [-0.05, 0) is 6.42 Å². The van der Waals surface area contributed by atoms with Crippen LogP contribution in [0.2, 0.25) is 0 Å². The first-order valence-corrected chi connectivity index (χ1v) is 5.58. The van der Waals surface area contributed by atoms with Crippen molar-refractivity contribution in [3.63, 3.8) is 0 Å². The molecule has 3 N–H and O–H groups in total. The molecule has 1 heterocycles. The topological polar surface area (TPSA) is 85.8 Å². The van der Waals surface area contributed by atoms with E-state index in [-0.39, 0.29) is 11.2 Å². The summed E-state index contributed by atoms with van der Waals surface area (Å²) >= 11 is 1.38. The Bertz CT molecular complexity index is 327. The van der Waals surface area contributed by atoms with Crippen LogP contribution in [0.1, 0.15) is 19.8 Å². The standard InChI is InChI=1S/C8H15N5OS/c1-3-4-6(7(14)11-9)15-8-12-10-5-13(8)2/h5-6H,3-4,9H2,1-2H3,(H,11,14). The molecule has 0 spiro atoms. The summed E-state index contributed by atoms with van der Waals surface area (Å²) in [5.74, 6) is 4.94. The molecule has 0 saturated heterocycles. The van der Waals surface area contributed by atoms with Crippen molar-refractivity contribution in [3.8, 4) is 0 Å². The Morgan fingerprint density at radius 3 is 3.00 bits per heavy atom. The highest BCUT2D eigenvalue weighted by Gasteiger charge is 2.20. The van der Waals surface area contributed by atoms with E-state index in [1.807, 2.05) is 14.0 Å². The SMILES string of the molecule is CCCC(Sc1nncn1C)C(=O)NN. The van der Waals surface area contributed by atoms with Crippen molar-refractivity contribution in [2.24, 2.45) is 12.9 Å². The molecule has 0 aromatic carbocycles. The van der Waals surface area contributed by atoms with Gasteiger partial charge < -0.3 is 4.57 Å². The van der Waals surface area contributed by atoms with E-state index in [0.717, 1.165) is 18.0 Å². The van der Waals surface area contributed by atoms with Crippen molar-refractivity contribution in [2.45, 2.75) is 30.2 Å². The molecule has 1 unspecified atom stereocenters. The maximum absolute atomic E-state index is 11.4. The van der Waals surface area contributed by atoms with E-state index in [0.29, 0.717) is 0 Å². The van der Waals surface area contributed by atoms with E-state index < -0.39 is 0 Å². The fourth-order valence-electron chi connectivity index (χ4n) is 1.11. The van der Waals surface area contributed by atoms with Gasteiger partial charge in [-0.15, -0.1) is 10.2 Å². The Labute approximate surface area is 92.6 Å². The first kappa shape index (κ1) is 12.0. The van der Waals surface area contributed by atoms with Crippen LogP contribution < -0.4 is 11.3 Å². The second kappa shape index (κ2) is 5.72. The van der Waals surface area contributed by atoms with Crippen LogP contribution in [0.5, 0.6) is 0 Å². The van der Waals surface area contributed by atoms with Gasteiger partial charge in [0.1, 0.15) is 6.33 Å². The van der Waals surface area contributed by atoms with Gasteiger partial charge in [-0.3, -0.25) is 10.2 Å². The average molecular weight is 229 g/mol. The number of carbonyl (C=O) groups excluding carboxylic acids is 1. The summed E-state index contributed by atoms with van der Waals surface area (Å²) in [5, 5.41) is 8.17. The first-order chi connectivity index (χ1) is 7.19. The first-order valence-electron chi connectivity index (χ1n) is 4.70. The number of nitrogens with one attached hydrogen (secondary N) is 1. The Balaban J connectivity index is 2.66. The number of hydrazine groups is 1. The fraction of sp³-hybridized carbons (Fsp3) is 0.625. The molecule has 0 radical (unpaired) electrons. The summed E-state index contributed by atoms with van der Waals surface area (Å²) in [6, 6.07) is 0. The molecule has 1 atom stereocenters. The van der Waals surface area contributed by atoms with Gasteiger partial charge in [-0.25, -0.2) is 5.84 Å². The Morgan fingerprint density at radius 1 is 1.80 bits per heavy atom. The molecule has 0 fully saturated rings. The molecule has 0 aliphatic carbocycles. The molecule has 1 aromatic rings. The van der Waals surface area contributed by atoms with E-state index >= 15 is 0 Å². The molecule has 0 aliphatic rings. The predicted octanol–water partition coefficient (Wildman–Crippen LogP) is 0.0658. The Kier molecular flexibility index (Phi) is 4.57. The fourth-order valence-corrected chi connectivity index (χ4v) is 2.20. The summed E-state index contributed by atoms with van der Waals surface area (Å²) in [6.45, 7) is 2.02. The molecular formula is C8H15N5OS. The summed E-state index contributed by atoms with van der Waals surface area (Å²) in [5.41, 5.74) is 2.16. The molecule has 15 heavy (non-hydrogen) atoms. The van der Waals surface area contributed by atoms with E-state index in [9.17, 15) is 4.79 Å². The Hall–Kier alpha value is -1.08. The van der Waals surface area contributed by atoms with E-state index in [1.54, 1.807) is 10.9 Å². The second-order valence-electron chi connectivity index (χ2n) is 3.13. The minimum absolute atomic E-state index is 0.176. The van der Waals surface area contributed by atoms with Gasteiger partial charge in [0, 0.05) is 7.05 Å². The minimum Gasteiger partial charge on any atom is -0.312 e. The molecule has 1 amide bonds. The maximum Gasteiger partial charge on any atom is 0.247 e. The zero-order valence-electron chi connectivity index (χ0n) is 8.80. The lowest BCUT2D eigenvalue weighted by Gasteiger charge is -2.12. The number of rotatable bonds is 5. The zero-order valence-corrected chi connectivity index (χ0v) is 9.62. The third-order valence-corrected chi connectivity index (χ3v) is 3.22. The highest BCUT2D eigenvalue weighted by molar-refractivity contribution is 8.00. The molecule has 1 aromatic heterocycles. The van der Waals surface area contributed by atoms with Crippen molar-refractivity contribution in [2.75, 3.05) is 0 Å². The molecular weight excluding hydrogens is 214 g/mol. The lowest BCUT2D eigenvalue weighted by Crippen LogP contribution is -2.37. The monoisotopic (exact) mass is 229 g/mol. The van der Waals surface area contributed by atoms with Crippen LogP contribution in [-0.2, 0) is 11.8 Å². The van der Waals surface area contributed by atoms with Crippen LogP contribution in [-0.4, -0.2) is 25.9 Å². The number of aromatic nitrogens is 3. The number of amides is 1. The summed E-state index contributed by atoms with van der Waals surface area (Å²) in [6.07, 6.45) is 3.29. The van der Waals surface area contributed by atoms with Crippen LogP contribution in [0.15, 0.2) is 11.5 Å². The number of aryl methyl sites for hydroxylation is 1. The van der Waals surface area contributed by atoms with Gasteiger partial charge in [0.2, 0.25) is 5.91 Å². The van der Waals surface area contributed by atoms with Gasteiger partial charge in [0.05, 0.1) is 5.25 Å². The predicted molar refractivity (Wildman–Crippen MR) is 57.9 cm³/mol. The number of hydrogen-bond donors (Lipinski definition) is 2. The van der Waals surface area contributed by atoms with Crippen molar-refractivity contribution in [1.82, 2.24) is 20.2 Å². The third-order valence-electron chi connectivity index (χ3n) is 1.90. The Morgan fingerprint density at radius 2 is 2.53 bits per heavy atom. The van der Waals surface area contributed by atoms with Crippen molar-refractivity contribution >= 4 is 17.7 Å². The molecule has 6 nitrogen and oxygen atoms in total. The van der Waals surface area contributed by atoms with Gasteiger partial charge in [0.25, 0.3) is 0 Å². The van der Waals surface area contributed by atoms with Gasteiger partial charge in [0.15, 0.2) is 5.16 Å². The van der Waals surface area contributed by atoms with Crippen molar-refractivity contribution in [1.29, 1.82) is 0 Å². The molecule has 1 rings (SSSR count). The van der Waals surface area contributed by atoms with Crippen LogP contribution in [0, 0.1) is 0 Å². The van der Waals surface area contributed by atoms with E-state index in [4.69, 9.17) is 5.84 Å². The maximum atomic E-state index is 11.4. The quantitative estimate of drug-likeness (QED) is 0.323. The summed E-state index contributed by atoms with van der Waals surface area (Å²) in [7, 11) is 1.84. The summed E-state index contributed by atoms with van der Waals surface area (Å²) < 4.78 is 1.77. The van der Waals surface area contributed by atoms with Gasteiger partial charge in [-0.1, -0.05) is 25.1 Å². The average Bonchev–Trinajstić information content (AvgIpc) is 2.63. The number of thioether (sulfide) groups is 1. The largest absolute Gasteiger partial charge is 0.312 e. The number of hydrogen-bond acceptors (Lipinski definition) is 5. The molecule has 84 valence electrons. The highest BCUT2D eigenvalue weighted by atomic mass is 32.2. The molecule has 0 bridgehead atoms. The lowest BCUT2D eigenvalue weighted by atomic mass is 10.2. The van der Waals surface area contributed by atoms with Crippen molar-refractivity contribution < 1.29 is 4.79 Å². The normalized spacial score (nSPS) is 12.5. The third kappa shape index (κ3) is 3.21. The van der Waals surface area contributed by atoms with Gasteiger partial charge >= 0.3 is 0 Å². The summed E-state index contributed by atoms with van der Waals surface area (Å²) in [4.78, 5) is 11.4. The number of nitrogens with zero attached hydrogens (tertiary/aromatic N) is 3.